The number of carboxylic acid groups (broad SMARTS) is 1. The van der Waals surface area contributed by atoms with Gasteiger partial charge < -0.3 is 15.6 Å². The molecule has 1 unspecified atom stereocenters. The summed E-state index contributed by atoms with van der Waals surface area (Å²) in [5.41, 5.74) is 3.40. The molecule has 0 aromatic heterocycles. The molecule has 0 amide bonds. The zero-order valence-corrected chi connectivity index (χ0v) is 9.84. The van der Waals surface area contributed by atoms with Crippen molar-refractivity contribution in [2.45, 2.75) is 12.2 Å². The van der Waals surface area contributed by atoms with Crippen LogP contribution in [0.4, 0.5) is 13.2 Å². The highest BCUT2D eigenvalue weighted by atomic mass is 35.5. The molecule has 0 bridgehead atoms. The number of nitrogens with two attached hydrogens (primary N) is 1. The smallest absolute Gasteiger partial charge is 0.416 e. The van der Waals surface area contributed by atoms with Gasteiger partial charge in [-0.05, 0) is 17.7 Å². The van der Waals surface area contributed by atoms with Crippen LogP contribution in [0.1, 0.15) is 17.2 Å². The largest absolute Gasteiger partial charge is 0.495 e. The molecular weight excluding hydrogens is 275 g/mol. The summed E-state index contributed by atoms with van der Waals surface area (Å²) in [7, 11) is 1.15. The predicted octanol–water partition coefficient (Wildman–Crippen LogP) is 2.45. The van der Waals surface area contributed by atoms with Crippen LogP contribution in [0.2, 0.25) is 5.02 Å². The molecule has 0 aliphatic heterocycles. The maximum atomic E-state index is 12.8. The second kappa shape index (κ2) is 5.03. The van der Waals surface area contributed by atoms with E-state index in [1.165, 1.54) is 0 Å². The minimum Gasteiger partial charge on any atom is -0.495 e. The summed E-state index contributed by atoms with van der Waals surface area (Å²) >= 11 is 5.66. The van der Waals surface area contributed by atoms with Gasteiger partial charge in [0.25, 0.3) is 0 Å². The number of rotatable bonds is 3. The maximum absolute atomic E-state index is 12.8. The molecule has 0 aliphatic rings. The predicted molar refractivity (Wildman–Crippen MR) is 57.6 cm³/mol. The second-order valence-electron chi connectivity index (χ2n) is 3.39. The summed E-state index contributed by atoms with van der Waals surface area (Å²) in [5, 5.41) is 8.53. The van der Waals surface area contributed by atoms with Crippen LogP contribution in [0.3, 0.4) is 0 Å². The van der Waals surface area contributed by atoms with Crippen LogP contribution in [0.25, 0.3) is 0 Å². The lowest BCUT2D eigenvalue weighted by Gasteiger charge is -2.17. The molecule has 100 valence electrons. The highest BCUT2D eigenvalue weighted by molar-refractivity contribution is 6.32. The zero-order chi connectivity index (χ0) is 14.1. The number of hydrogen-bond donors (Lipinski definition) is 2. The third-order valence-corrected chi connectivity index (χ3v) is 2.53. The standard InChI is InChI=1S/C10H9ClF3NO3/c1-18-7-3-5(10(12,13)14)4(2-6(7)11)8(15)9(16)17/h2-3,8H,15H2,1H3,(H,16,17). The van der Waals surface area contributed by atoms with Gasteiger partial charge in [-0.15, -0.1) is 0 Å². The zero-order valence-electron chi connectivity index (χ0n) is 9.08. The van der Waals surface area contributed by atoms with Crippen molar-refractivity contribution in [3.8, 4) is 5.75 Å². The van der Waals surface area contributed by atoms with E-state index in [1.807, 2.05) is 0 Å². The van der Waals surface area contributed by atoms with Gasteiger partial charge in [0.1, 0.15) is 11.8 Å². The molecule has 0 spiro atoms. The lowest BCUT2D eigenvalue weighted by atomic mass is 10.00. The highest BCUT2D eigenvalue weighted by Crippen LogP contribution is 2.39. The molecule has 0 saturated carbocycles. The van der Waals surface area contributed by atoms with Crippen LogP contribution in [-0.4, -0.2) is 18.2 Å². The van der Waals surface area contributed by atoms with Gasteiger partial charge in [0, 0.05) is 0 Å². The van der Waals surface area contributed by atoms with Gasteiger partial charge in [-0.3, -0.25) is 4.79 Å². The molecule has 0 aliphatic carbocycles. The monoisotopic (exact) mass is 283 g/mol. The Morgan fingerprint density at radius 3 is 2.44 bits per heavy atom. The molecular formula is C10H9ClF3NO3. The molecule has 1 rings (SSSR count). The fourth-order valence-corrected chi connectivity index (χ4v) is 1.61. The van der Waals surface area contributed by atoms with Crippen molar-refractivity contribution in [3.05, 3.63) is 28.3 Å². The average Bonchev–Trinajstić information content (AvgIpc) is 2.25. The number of alkyl halides is 3. The summed E-state index contributed by atoms with van der Waals surface area (Å²) in [4.78, 5) is 10.7. The number of halogens is 4. The van der Waals surface area contributed by atoms with Crippen LogP contribution in [0.15, 0.2) is 12.1 Å². The van der Waals surface area contributed by atoms with Crippen LogP contribution in [0.5, 0.6) is 5.75 Å². The van der Waals surface area contributed by atoms with E-state index in [0.717, 1.165) is 13.2 Å². The van der Waals surface area contributed by atoms with E-state index in [0.29, 0.717) is 6.07 Å². The summed E-state index contributed by atoms with van der Waals surface area (Å²) in [6.07, 6.45) is -4.75. The molecule has 1 aromatic rings. The van der Waals surface area contributed by atoms with Crippen molar-refractivity contribution in [1.29, 1.82) is 0 Å². The van der Waals surface area contributed by atoms with Crippen molar-refractivity contribution >= 4 is 17.6 Å². The maximum Gasteiger partial charge on any atom is 0.416 e. The Kier molecular flexibility index (Phi) is 4.08. The number of hydrogen-bond acceptors (Lipinski definition) is 3. The van der Waals surface area contributed by atoms with E-state index in [4.69, 9.17) is 22.4 Å². The van der Waals surface area contributed by atoms with Crippen molar-refractivity contribution in [3.63, 3.8) is 0 Å². The van der Waals surface area contributed by atoms with Gasteiger partial charge in [0.2, 0.25) is 0 Å². The van der Waals surface area contributed by atoms with Crippen molar-refractivity contribution in [2.75, 3.05) is 7.11 Å². The van der Waals surface area contributed by atoms with Crippen LogP contribution in [-0.2, 0) is 11.0 Å². The summed E-state index contributed by atoms with van der Waals surface area (Å²) in [5.74, 6) is -1.79. The third kappa shape index (κ3) is 2.85. The van der Waals surface area contributed by atoms with Crippen LogP contribution in [0, 0.1) is 0 Å². The molecule has 1 aromatic carbocycles. The summed E-state index contributed by atoms with van der Waals surface area (Å²) < 4.78 is 43.0. The molecule has 8 heteroatoms. The minimum atomic E-state index is -4.75. The number of aliphatic carboxylic acids is 1. The molecule has 18 heavy (non-hydrogen) atoms. The first-order valence-corrected chi connectivity index (χ1v) is 4.99. The summed E-state index contributed by atoms with van der Waals surface area (Å²) in [6.45, 7) is 0. The number of benzene rings is 1. The molecule has 0 heterocycles. The number of carbonyl (C=O) groups is 1. The quantitative estimate of drug-likeness (QED) is 0.894. The van der Waals surface area contributed by atoms with Gasteiger partial charge in [-0.2, -0.15) is 13.2 Å². The van der Waals surface area contributed by atoms with Crippen molar-refractivity contribution < 1.29 is 27.8 Å². The fourth-order valence-electron chi connectivity index (χ4n) is 1.36. The van der Waals surface area contributed by atoms with Crippen LogP contribution >= 0.6 is 11.6 Å². The molecule has 0 radical (unpaired) electrons. The van der Waals surface area contributed by atoms with Crippen molar-refractivity contribution in [1.82, 2.24) is 0 Å². The topological polar surface area (TPSA) is 72.5 Å². The Labute approximate surface area is 105 Å². The summed E-state index contributed by atoms with van der Waals surface area (Å²) in [6, 6.07) is -0.340. The lowest BCUT2D eigenvalue weighted by molar-refractivity contribution is -0.141. The van der Waals surface area contributed by atoms with E-state index in [1.54, 1.807) is 0 Å². The molecule has 1 atom stereocenters. The average molecular weight is 284 g/mol. The van der Waals surface area contributed by atoms with Gasteiger partial charge in [-0.25, -0.2) is 0 Å². The van der Waals surface area contributed by atoms with Crippen molar-refractivity contribution in [2.24, 2.45) is 5.73 Å². The van der Waals surface area contributed by atoms with Crippen LogP contribution < -0.4 is 10.5 Å². The second-order valence-corrected chi connectivity index (χ2v) is 3.79. The number of ether oxygens (including phenoxy) is 1. The number of methoxy groups -OCH3 is 1. The van der Waals surface area contributed by atoms with E-state index >= 15 is 0 Å². The SMILES string of the molecule is COc1cc(C(F)(F)F)c(C(N)C(=O)O)cc1Cl. The van der Waals surface area contributed by atoms with Gasteiger partial charge in [0.05, 0.1) is 17.7 Å². The van der Waals surface area contributed by atoms with E-state index in [2.05, 4.69) is 4.74 Å². The third-order valence-electron chi connectivity index (χ3n) is 2.23. The normalized spacial score (nSPS) is 13.2. The first-order chi connectivity index (χ1) is 8.18. The molecule has 3 N–H and O–H groups in total. The van der Waals surface area contributed by atoms with Gasteiger partial charge in [0.15, 0.2) is 0 Å². The van der Waals surface area contributed by atoms with E-state index < -0.39 is 29.3 Å². The van der Waals surface area contributed by atoms with Gasteiger partial charge >= 0.3 is 12.1 Å². The molecule has 0 fully saturated rings. The Balaban J connectivity index is 3.49. The highest BCUT2D eigenvalue weighted by Gasteiger charge is 2.37. The first kappa shape index (κ1) is 14.6. The lowest BCUT2D eigenvalue weighted by Crippen LogP contribution is -2.24. The first-order valence-electron chi connectivity index (χ1n) is 4.61. The fraction of sp³-hybridized carbons (Fsp3) is 0.300. The Hall–Kier alpha value is -1.47. The van der Waals surface area contributed by atoms with Gasteiger partial charge in [-0.1, -0.05) is 11.6 Å². The number of carboxylic acids is 1. The Bertz CT molecular complexity index is 476. The molecule has 4 nitrogen and oxygen atoms in total. The Morgan fingerprint density at radius 2 is 2.06 bits per heavy atom. The molecule has 0 saturated heterocycles. The Morgan fingerprint density at radius 1 is 1.50 bits per heavy atom. The van der Waals surface area contributed by atoms with E-state index in [9.17, 15) is 18.0 Å². The van der Waals surface area contributed by atoms with E-state index in [-0.39, 0.29) is 10.8 Å². The minimum absolute atomic E-state index is 0.141.